The molecule has 3 rings (SSSR count). The molecule has 0 bridgehead atoms. The first-order chi connectivity index (χ1) is 11.6. The number of fused-ring (bicyclic) bond motifs is 1. The first kappa shape index (κ1) is 16.3. The molecule has 3 nitrogen and oxygen atoms in total. The second-order valence-corrected chi connectivity index (χ2v) is 6.08. The fourth-order valence-corrected chi connectivity index (χ4v) is 2.99. The zero-order chi connectivity index (χ0) is 17.1. The first-order valence-electron chi connectivity index (χ1n) is 8.38. The Bertz CT molecular complexity index is 894. The molecule has 3 heteroatoms. The Hall–Kier alpha value is -2.55. The van der Waals surface area contributed by atoms with Gasteiger partial charge in [0.2, 0.25) is 0 Å². The van der Waals surface area contributed by atoms with E-state index in [4.69, 9.17) is 9.15 Å². The highest BCUT2D eigenvalue weighted by Crippen LogP contribution is 2.31. The molecule has 2 aromatic carbocycles. The molecule has 1 aromatic heterocycles. The van der Waals surface area contributed by atoms with Crippen molar-refractivity contribution in [2.24, 2.45) is 0 Å². The van der Waals surface area contributed by atoms with Crippen molar-refractivity contribution in [2.75, 3.05) is 0 Å². The van der Waals surface area contributed by atoms with Gasteiger partial charge in [-0.15, -0.1) is 0 Å². The summed E-state index contributed by atoms with van der Waals surface area (Å²) in [6.45, 7) is 6.06. The number of ether oxygens (including phenoxy) is 1. The second kappa shape index (κ2) is 6.91. The number of rotatable bonds is 5. The summed E-state index contributed by atoms with van der Waals surface area (Å²) in [5.41, 5.74) is 3.34. The van der Waals surface area contributed by atoms with Gasteiger partial charge in [0.15, 0.2) is 0 Å². The van der Waals surface area contributed by atoms with E-state index in [-0.39, 0.29) is 11.7 Å². The van der Waals surface area contributed by atoms with E-state index < -0.39 is 0 Å². The maximum absolute atomic E-state index is 11.9. The number of aryl methyl sites for hydroxylation is 2. The van der Waals surface area contributed by atoms with Crippen LogP contribution in [0.25, 0.3) is 11.0 Å². The molecule has 0 fully saturated rings. The smallest absolute Gasteiger partial charge is 0.336 e. The van der Waals surface area contributed by atoms with E-state index in [1.54, 1.807) is 6.07 Å². The predicted octanol–water partition coefficient (Wildman–Crippen LogP) is 5.19. The summed E-state index contributed by atoms with van der Waals surface area (Å²) in [6, 6.07) is 15.6. The maximum atomic E-state index is 11.9. The van der Waals surface area contributed by atoms with Gasteiger partial charge in [0.1, 0.15) is 17.4 Å². The molecule has 1 atom stereocenters. The van der Waals surface area contributed by atoms with Crippen molar-refractivity contribution in [1.29, 1.82) is 0 Å². The molecule has 0 radical (unpaired) electrons. The van der Waals surface area contributed by atoms with Gasteiger partial charge < -0.3 is 9.15 Å². The molecular weight excluding hydrogens is 300 g/mol. The third kappa shape index (κ3) is 3.21. The van der Waals surface area contributed by atoms with Gasteiger partial charge in [0.25, 0.3) is 0 Å². The van der Waals surface area contributed by atoms with E-state index in [1.165, 1.54) is 0 Å². The predicted molar refractivity (Wildman–Crippen MR) is 96.7 cm³/mol. The minimum Gasteiger partial charge on any atom is -0.486 e. The van der Waals surface area contributed by atoms with Crippen LogP contribution in [0.15, 0.2) is 57.7 Å². The standard InChI is InChI=1S/C21H22O3/c1-4-8-17-13-20(22)24-21-14(2)19(12-11-18(17)21)23-15(3)16-9-6-5-7-10-16/h5-7,9-13,15H,4,8H2,1-3H3/t15-/m0/s1. The van der Waals surface area contributed by atoms with Gasteiger partial charge in [-0.1, -0.05) is 43.7 Å². The zero-order valence-electron chi connectivity index (χ0n) is 14.3. The summed E-state index contributed by atoms with van der Waals surface area (Å²) in [6.07, 6.45) is 1.77. The van der Waals surface area contributed by atoms with Crippen molar-refractivity contribution in [1.82, 2.24) is 0 Å². The molecule has 0 aliphatic rings. The average molecular weight is 322 g/mol. The van der Waals surface area contributed by atoms with E-state index in [1.807, 2.05) is 56.3 Å². The lowest BCUT2D eigenvalue weighted by atomic mass is 10.0. The molecule has 124 valence electrons. The Labute approximate surface area is 141 Å². The molecule has 0 aliphatic heterocycles. The highest BCUT2D eigenvalue weighted by atomic mass is 16.5. The minimum absolute atomic E-state index is 0.0760. The van der Waals surface area contributed by atoms with E-state index in [9.17, 15) is 4.79 Å². The third-order valence-corrected chi connectivity index (χ3v) is 4.29. The molecule has 0 amide bonds. The highest BCUT2D eigenvalue weighted by Gasteiger charge is 2.14. The highest BCUT2D eigenvalue weighted by molar-refractivity contribution is 5.85. The molecule has 0 unspecified atom stereocenters. The summed E-state index contributed by atoms with van der Waals surface area (Å²) in [5, 5.41) is 0.994. The van der Waals surface area contributed by atoms with Crippen LogP contribution in [0, 0.1) is 6.92 Å². The van der Waals surface area contributed by atoms with Gasteiger partial charge >= 0.3 is 5.63 Å². The molecule has 0 spiro atoms. The molecule has 0 aliphatic carbocycles. The number of benzene rings is 2. The lowest BCUT2D eigenvalue weighted by Gasteiger charge is -2.17. The van der Waals surface area contributed by atoms with E-state index >= 15 is 0 Å². The fraction of sp³-hybridized carbons (Fsp3) is 0.286. The van der Waals surface area contributed by atoms with Crippen molar-refractivity contribution in [3.63, 3.8) is 0 Å². The summed E-state index contributed by atoms with van der Waals surface area (Å²) in [7, 11) is 0. The number of hydrogen-bond acceptors (Lipinski definition) is 3. The fourth-order valence-electron chi connectivity index (χ4n) is 2.99. The van der Waals surface area contributed by atoms with Gasteiger partial charge in [-0.05, 0) is 43.5 Å². The van der Waals surface area contributed by atoms with Gasteiger partial charge in [-0.2, -0.15) is 0 Å². The third-order valence-electron chi connectivity index (χ3n) is 4.29. The van der Waals surface area contributed by atoms with Crippen LogP contribution in [0.4, 0.5) is 0 Å². The van der Waals surface area contributed by atoms with Crippen molar-refractivity contribution < 1.29 is 9.15 Å². The van der Waals surface area contributed by atoms with Crippen LogP contribution in [-0.4, -0.2) is 0 Å². The van der Waals surface area contributed by atoms with Gasteiger partial charge in [0, 0.05) is 17.0 Å². The van der Waals surface area contributed by atoms with Gasteiger partial charge in [0.05, 0.1) is 0 Å². The van der Waals surface area contributed by atoms with Crippen LogP contribution in [0.3, 0.4) is 0 Å². The average Bonchev–Trinajstić information content (AvgIpc) is 2.59. The molecule has 0 saturated carbocycles. The second-order valence-electron chi connectivity index (χ2n) is 6.08. The Kier molecular flexibility index (Phi) is 4.70. The van der Waals surface area contributed by atoms with Crippen LogP contribution >= 0.6 is 0 Å². The maximum Gasteiger partial charge on any atom is 0.336 e. The lowest BCUT2D eigenvalue weighted by Crippen LogP contribution is -2.06. The van der Waals surface area contributed by atoms with Crippen molar-refractivity contribution in [3.05, 3.63) is 75.6 Å². The SMILES string of the molecule is CCCc1cc(=O)oc2c(C)c(O[C@@H](C)c3ccccc3)ccc12. The lowest BCUT2D eigenvalue weighted by molar-refractivity contribution is 0.225. The topological polar surface area (TPSA) is 39.4 Å². The zero-order valence-corrected chi connectivity index (χ0v) is 14.3. The molecule has 0 saturated heterocycles. The summed E-state index contributed by atoms with van der Waals surface area (Å²) >= 11 is 0. The van der Waals surface area contributed by atoms with E-state index in [0.29, 0.717) is 5.58 Å². The van der Waals surface area contributed by atoms with Gasteiger partial charge in [-0.25, -0.2) is 4.79 Å². The summed E-state index contributed by atoms with van der Waals surface area (Å²) < 4.78 is 11.6. The Balaban J connectivity index is 2.01. The van der Waals surface area contributed by atoms with Crippen LogP contribution in [0.5, 0.6) is 5.75 Å². The van der Waals surface area contributed by atoms with E-state index in [2.05, 4.69) is 6.92 Å². The monoisotopic (exact) mass is 322 g/mol. The Morgan fingerprint density at radius 2 is 1.88 bits per heavy atom. The molecule has 24 heavy (non-hydrogen) atoms. The van der Waals surface area contributed by atoms with Crippen LogP contribution in [0.2, 0.25) is 0 Å². The summed E-state index contributed by atoms with van der Waals surface area (Å²) in [5.74, 6) is 0.746. The molecule has 0 N–H and O–H groups in total. The minimum atomic E-state index is -0.303. The quantitative estimate of drug-likeness (QED) is 0.607. The van der Waals surface area contributed by atoms with Crippen molar-refractivity contribution in [2.45, 2.75) is 39.7 Å². The van der Waals surface area contributed by atoms with Gasteiger partial charge in [-0.3, -0.25) is 0 Å². The van der Waals surface area contributed by atoms with Crippen LogP contribution in [-0.2, 0) is 6.42 Å². The van der Waals surface area contributed by atoms with Crippen molar-refractivity contribution in [3.8, 4) is 5.75 Å². The van der Waals surface area contributed by atoms with Crippen LogP contribution < -0.4 is 10.4 Å². The van der Waals surface area contributed by atoms with Crippen molar-refractivity contribution >= 4 is 11.0 Å². The number of hydrogen-bond donors (Lipinski definition) is 0. The van der Waals surface area contributed by atoms with Crippen LogP contribution in [0.1, 0.15) is 43.1 Å². The first-order valence-corrected chi connectivity index (χ1v) is 8.38. The molecule has 3 aromatic rings. The summed E-state index contributed by atoms with van der Waals surface area (Å²) in [4.78, 5) is 11.9. The van der Waals surface area contributed by atoms with E-state index in [0.717, 1.165) is 40.7 Å². The Morgan fingerprint density at radius 3 is 2.58 bits per heavy atom. The Morgan fingerprint density at radius 1 is 1.12 bits per heavy atom. The largest absolute Gasteiger partial charge is 0.486 e. The normalized spacial score (nSPS) is 12.3. The molecular formula is C21H22O3. The molecule has 1 heterocycles.